The zero-order chi connectivity index (χ0) is 14.8. The molecule has 1 aliphatic heterocycles. The van der Waals surface area contributed by atoms with Gasteiger partial charge in [-0.3, -0.25) is 0 Å². The highest BCUT2D eigenvalue weighted by atomic mass is 32.2. The number of benzene rings is 1. The second-order valence-corrected chi connectivity index (χ2v) is 12.8. The third kappa shape index (κ3) is 3.00. The van der Waals surface area contributed by atoms with Crippen LogP contribution in [0.25, 0.3) is 0 Å². The summed E-state index contributed by atoms with van der Waals surface area (Å²) in [6, 6.07) is 9.26. The van der Waals surface area contributed by atoms with Crippen LogP contribution in [0, 0.1) is 0 Å². The Bertz CT molecular complexity index is 433. The summed E-state index contributed by atoms with van der Waals surface area (Å²) in [6.07, 6.45) is 6.34. The molecule has 0 bridgehead atoms. The lowest BCUT2D eigenvalue weighted by Gasteiger charge is -2.49. The van der Waals surface area contributed by atoms with Crippen LogP contribution in [0.15, 0.2) is 29.2 Å². The fourth-order valence-corrected chi connectivity index (χ4v) is 6.72. The van der Waals surface area contributed by atoms with Crippen LogP contribution >= 0.6 is 11.8 Å². The highest BCUT2D eigenvalue weighted by molar-refractivity contribution is 7.98. The molecule has 0 spiro atoms. The Kier molecular flexibility index (Phi) is 5.03. The molecule has 1 saturated heterocycles. The maximum Gasteiger partial charge on any atom is 0.132 e. The molecule has 0 amide bonds. The minimum Gasteiger partial charge on any atom is -0.323 e. The van der Waals surface area contributed by atoms with Crippen LogP contribution in [0.1, 0.15) is 38.7 Å². The van der Waals surface area contributed by atoms with E-state index in [1.54, 1.807) is 0 Å². The van der Waals surface area contributed by atoms with Crippen molar-refractivity contribution in [1.82, 2.24) is 4.57 Å². The van der Waals surface area contributed by atoms with Crippen molar-refractivity contribution in [2.75, 3.05) is 19.3 Å². The fraction of sp³-hybridized carbons (Fsp3) is 0.647. The maximum atomic E-state index is 2.83. The van der Waals surface area contributed by atoms with E-state index in [-0.39, 0.29) is 0 Å². The SMILES string of the molecule is CSc1ccc(C(C)(C)[Si](C)(C)N2CCCCC2)cc1. The van der Waals surface area contributed by atoms with Crippen LogP contribution in [0.4, 0.5) is 0 Å². The van der Waals surface area contributed by atoms with E-state index in [0.717, 1.165) is 0 Å². The van der Waals surface area contributed by atoms with Crippen molar-refractivity contribution in [1.29, 1.82) is 0 Å². The first-order valence-corrected chi connectivity index (χ1v) is 12.0. The highest BCUT2D eigenvalue weighted by Gasteiger charge is 2.45. The number of hydrogen-bond donors (Lipinski definition) is 0. The first kappa shape index (κ1) is 16.1. The molecule has 1 fully saturated rings. The van der Waals surface area contributed by atoms with Gasteiger partial charge in [0, 0.05) is 4.90 Å². The molecule has 0 radical (unpaired) electrons. The van der Waals surface area contributed by atoms with Gasteiger partial charge in [0.05, 0.1) is 0 Å². The molecule has 1 nitrogen and oxygen atoms in total. The van der Waals surface area contributed by atoms with Crippen molar-refractivity contribution in [2.45, 2.75) is 56.1 Å². The van der Waals surface area contributed by atoms with E-state index >= 15 is 0 Å². The summed E-state index contributed by atoms with van der Waals surface area (Å²) in [5.41, 5.74) is 1.51. The molecule has 0 atom stereocenters. The van der Waals surface area contributed by atoms with Crippen molar-refractivity contribution < 1.29 is 0 Å². The van der Waals surface area contributed by atoms with Crippen LogP contribution < -0.4 is 0 Å². The van der Waals surface area contributed by atoms with Gasteiger partial charge in [0.2, 0.25) is 0 Å². The van der Waals surface area contributed by atoms with Gasteiger partial charge in [-0.25, -0.2) is 0 Å². The van der Waals surface area contributed by atoms with Crippen LogP contribution in [0.2, 0.25) is 13.1 Å². The minimum absolute atomic E-state index is 0.293. The van der Waals surface area contributed by atoms with Crippen LogP contribution in [0.5, 0.6) is 0 Å². The van der Waals surface area contributed by atoms with Gasteiger partial charge >= 0.3 is 0 Å². The molecule has 1 aromatic carbocycles. The largest absolute Gasteiger partial charge is 0.323 e. The molecule has 3 heteroatoms. The molecule has 2 rings (SSSR count). The highest BCUT2D eigenvalue weighted by Crippen LogP contribution is 2.37. The van der Waals surface area contributed by atoms with Crippen molar-refractivity contribution in [3.05, 3.63) is 29.8 Å². The summed E-state index contributed by atoms with van der Waals surface area (Å²) in [7, 11) is -1.47. The Labute approximate surface area is 130 Å². The van der Waals surface area contributed by atoms with Gasteiger partial charge in [0.15, 0.2) is 0 Å². The normalized spacial score (nSPS) is 18.2. The monoisotopic (exact) mass is 307 g/mol. The molecule has 20 heavy (non-hydrogen) atoms. The quantitative estimate of drug-likeness (QED) is 0.574. The molecule has 1 heterocycles. The summed E-state index contributed by atoms with van der Waals surface area (Å²) in [4.78, 5) is 1.36. The van der Waals surface area contributed by atoms with Gasteiger partial charge in [-0.1, -0.05) is 45.5 Å². The summed E-state index contributed by atoms with van der Waals surface area (Å²) in [5, 5.41) is 0.293. The molecule has 112 valence electrons. The molecule has 1 aliphatic rings. The van der Waals surface area contributed by atoms with Crippen molar-refractivity contribution in [3.63, 3.8) is 0 Å². The minimum atomic E-state index is -1.47. The average Bonchev–Trinajstić information content (AvgIpc) is 2.48. The fourth-order valence-electron chi connectivity index (χ4n) is 3.21. The van der Waals surface area contributed by atoms with Crippen molar-refractivity contribution >= 4 is 20.0 Å². The average molecular weight is 308 g/mol. The third-order valence-electron chi connectivity index (χ3n) is 5.49. The molecule has 0 saturated carbocycles. The lowest BCUT2D eigenvalue weighted by Crippen LogP contribution is -2.62. The van der Waals surface area contributed by atoms with E-state index in [4.69, 9.17) is 0 Å². The van der Waals surface area contributed by atoms with Crippen molar-refractivity contribution in [2.24, 2.45) is 0 Å². The second-order valence-electron chi connectivity index (χ2n) is 6.96. The smallest absolute Gasteiger partial charge is 0.132 e. The van der Waals surface area contributed by atoms with E-state index in [2.05, 4.69) is 62.0 Å². The Morgan fingerprint density at radius 1 is 1.00 bits per heavy atom. The lowest BCUT2D eigenvalue weighted by atomic mass is 10.0. The summed E-state index contributed by atoms with van der Waals surface area (Å²) >= 11 is 1.82. The predicted molar refractivity (Wildman–Crippen MR) is 94.2 cm³/mol. The standard InChI is InChI=1S/C17H29NSSi/c1-17(2,15-9-11-16(19-3)12-10-15)20(4,5)18-13-7-6-8-14-18/h9-12H,6-8,13-14H2,1-5H3. The van der Waals surface area contributed by atoms with Crippen molar-refractivity contribution in [3.8, 4) is 0 Å². The van der Waals surface area contributed by atoms with Gasteiger partial charge in [-0.2, -0.15) is 0 Å². The Balaban J connectivity index is 2.25. The molecular formula is C17H29NSSi. The number of thioether (sulfide) groups is 1. The first-order valence-electron chi connectivity index (χ1n) is 7.79. The van der Waals surface area contributed by atoms with E-state index in [1.807, 2.05) is 11.8 Å². The van der Waals surface area contributed by atoms with E-state index in [0.29, 0.717) is 5.04 Å². The van der Waals surface area contributed by atoms with Gasteiger partial charge in [0.1, 0.15) is 8.24 Å². The predicted octanol–water partition coefficient (Wildman–Crippen LogP) is 4.92. The molecule has 0 unspecified atom stereocenters. The molecule has 1 aromatic rings. The number of rotatable bonds is 4. The Morgan fingerprint density at radius 3 is 2.05 bits per heavy atom. The zero-order valence-electron chi connectivity index (χ0n) is 13.7. The maximum absolute atomic E-state index is 2.83. The van der Waals surface area contributed by atoms with E-state index < -0.39 is 8.24 Å². The second kappa shape index (κ2) is 6.25. The van der Waals surface area contributed by atoms with E-state index in [1.165, 1.54) is 42.8 Å². The lowest BCUT2D eigenvalue weighted by molar-refractivity contribution is 0.329. The van der Waals surface area contributed by atoms with Gasteiger partial charge in [0.25, 0.3) is 0 Å². The van der Waals surface area contributed by atoms with Gasteiger partial charge < -0.3 is 4.57 Å². The van der Waals surface area contributed by atoms with E-state index in [9.17, 15) is 0 Å². The molecular weight excluding hydrogens is 278 g/mol. The van der Waals surface area contributed by atoms with Gasteiger partial charge in [-0.15, -0.1) is 11.8 Å². The number of nitrogens with zero attached hydrogens (tertiary/aromatic N) is 1. The summed E-state index contributed by atoms with van der Waals surface area (Å²) in [5.74, 6) is 0. The number of piperidine rings is 1. The summed E-state index contributed by atoms with van der Waals surface area (Å²) in [6.45, 7) is 12.7. The Morgan fingerprint density at radius 2 is 1.55 bits per heavy atom. The third-order valence-corrected chi connectivity index (χ3v) is 11.6. The van der Waals surface area contributed by atoms with Gasteiger partial charge in [-0.05, 0) is 54.9 Å². The topological polar surface area (TPSA) is 3.24 Å². The number of hydrogen-bond acceptors (Lipinski definition) is 2. The molecule has 0 aliphatic carbocycles. The van der Waals surface area contributed by atoms with Crippen LogP contribution in [-0.2, 0) is 5.04 Å². The molecule has 0 aromatic heterocycles. The Hall–Kier alpha value is -0.253. The first-order chi connectivity index (χ1) is 9.39. The van der Waals surface area contributed by atoms with Crippen LogP contribution in [-0.4, -0.2) is 32.1 Å². The molecule has 0 N–H and O–H groups in total. The zero-order valence-corrected chi connectivity index (χ0v) is 15.5. The van der Waals surface area contributed by atoms with Crippen LogP contribution in [0.3, 0.4) is 0 Å². The summed E-state index contributed by atoms with van der Waals surface area (Å²) < 4.78 is 2.83.